The number of nitrogens with two attached hydrogens (primary N) is 2. The van der Waals surface area contributed by atoms with Crippen molar-refractivity contribution in [3.8, 4) is 0 Å². The van der Waals surface area contributed by atoms with Crippen molar-refractivity contribution in [1.82, 2.24) is 41.9 Å². The van der Waals surface area contributed by atoms with Gasteiger partial charge in [-0.15, -0.1) is 35.3 Å². The van der Waals surface area contributed by atoms with Gasteiger partial charge in [0.15, 0.2) is 5.78 Å². The molecule has 0 aromatic carbocycles. The van der Waals surface area contributed by atoms with Crippen LogP contribution >= 0.6 is 35.3 Å². The van der Waals surface area contributed by atoms with Crippen LogP contribution in [0.2, 0.25) is 0 Å². The quantitative estimate of drug-likeness (QED) is 0.154. The summed E-state index contributed by atoms with van der Waals surface area (Å²) in [6.45, 7) is 4.43. The van der Waals surface area contributed by atoms with Gasteiger partial charge in [0.2, 0.25) is 5.91 Å². The molecule has 0 radical (unpaired) electrons. The average molecular weight is 641 g/mol. The first-order valence-corrected chi connectivity index (χ1v) is 18.2. The number of hydrazine groups is 1. The summed E-state index contributed by atoms with van der Waals surface area (Å²) in [5, 5.41) is 22.0. The maximum absolute atomic E-state index is 13.1. The topological polar surface area (TPSA) is 174 Å². The Morgan fingerprint density at radius 2 is 1.98 bits per heavy atom. The molecule has 6 aliphatic heterocycles. The molecule has 0 aromatic rings. The largest absolute Gasteiger partial charge is 0.378 e. The molecule has 7 aliphatic rings. The summed E-state index contributed by atoms with van der Waals surface area (Å²) in [6.07, 6.45) is 5.50. The monoisotopic (exact) mass is 640 g/mol. The van der Waals surface area contributed by atoms with E-state index in [0.29, 0.717) is 25.8 Å². The van der Waals surface area contributed by atoms with Gasteiger partial charge in [-0.3, -0.25) is 30.9 Å². The maximum atomic E-state index is 13.1. The first-order chi connectivity index (χ1) is 20.5. The third-order valence-electron chi connectivity index (χ3n) is 9.59. The van der Waals surface area contributed by atoms with E-state index in [4.69, 9.17) is 16.2 Å². The second-order valence-corrected chi connectivity index (χ2v) is 15.9. The van der Waals surface area contributed by atoms with Crippen LogP contribution in [-0.4, -0.2) is 119 Å². The fourth-order valence-corrected chi connectivity index (χ4v) is 12.5. The van der Waals surface area contributed by atoms with Gasteiger partial charge < -0.3 is 26.4 Å². The van der Waals surface area contributed by atoms with E-state index < -0.39 is 5.92 Å². The molecule has 6 fully saturated rings. The predicted molar refractivity (Wildman–Crippen MR) is 166 cm³/mol. The molecule has 11 atom stereocenters. The van der Waals surface area contributed by atoms with Gasteiger partial charge in [0.05, 0.1) is 59.2 Å². The molecule has 42 heavy (non-hydrogen) atoms. The standard InChI is InChI=1S/C26H44N10O3S3/c27-14-3-1-2-4-15(14)32-26-34-23(19(22(28)38)24-30-12-31-36(24)26)33-17-10-29-25(41-17)13-11-40-21-16(37)9-18(42-20(13)21)35-5-7-39-8-6-35/h9,13-15,17,19-21,23-26,29-34H,1-8,10-12,27H2,(H2,28,38)/t13?,14-,15+,17?,19?,20?,21?,23?,24?,25?,26?/m1/s1. The van der Waals surface area contributed by atoms with Crippen molar-refractivity contribution in [2.45, 2.75) is 77.6 Å². The Morgan fingerprint density at radius 3 is 2.79 bits per heavy atom. The SMILES string of the molecule is NC(=O)C1C(NC2CNC(C3CSC4C(=O)C=C(N5CCOCC5)SC43)S2)NC(N[C@H]2CCCC[C@H]2N)N2NCNC12. The zero-order valence-electron chi connectivity index (χ0n) is 23.7. The number of rotatable bonds is 7. The van der Waals surface area contributed by atoms with E-state index >= 15 is 0 Å². The number of nitrogens with zero attached hydrogens (tertiary/aromatic N) is 2. The summed E-state index contributed by atoms with van der Waals surface area (Å²) in [5.74, 6) is 0.749. The molecular weight excluding hydrogens is 597 g/mol. The Bertz CT molecular complexity index is 1050. The summed E-state index contributed by atoms with van der Waals surface area (Å²) in [5.41, 5.74) is 15.8. The van der Waals surface area contributed by atoms with Crippen LogP contribution in [-0.2, 0) is 14.3 Å². The summed E-state index contributed by atoms with van der Waals surface area (Å²) >= 11 is 5.56. The first kappa shape index (κ1) is 30.0. The van der Waals surface area contributed by atoms with E-state index in [1.807, 2.05) is 34.6 Å². The highest BCUT2D eigenvalue weighted by molar-refractivity contribution is 8.07. The zero-order chi connectivity index (χ0) is 28.8. The average Bonchev–Trinajstić information content (AvgIpc) is 3.75. The van der Waals surface area contributed by atoms with Gasteiger partial charge >= 0.3 is 0 Å². The van der Waals surface area contributed by atoms with E-state index in [2.05, 4.69) is 36.9 Å². The number of carbonyl (C=O) groups is 2. The number of hydrogen-bond acceptors (Lipinski definition) is 15. The van der Waals surface area contributed by atoms with Crippen molar-refractivity contribution < 1.29 is 14.3 Å². The zero-order valence-corrected chi connectivity index (χ0v) is 26.2. The molecule has 1 aliphatic carbocycles. The van der Waals surface area contributed by atoms with Crippen LogP contribution in [0.3, 0.4) is 0 Å². The molecule has 7 rings (SSSR count). The van der Waals surface area contributed by atoms with Crippen molar-refractivity contribution in [2.75, 3.05) is 45.3 Å². The van der Waals surface area contributed by atoms with Crippen LogP contribution in [0, 0.1) is 11.8 Å². The predicted octanol–water partition coefficient (Wildman–Crippen LogP) is -1.98. The van der Waals surface area contributed by atoms with E-state index in [1.54, 1.807) is 11.8 Å². The smallest absolute Gasteiger partial charge is 0.226 e. The minimum atomic E-state index is -0.475. The lowest BCUT2D eigenvalue weighted by atomic mass is 9.91. The Labute approximate surface area is 259 Å². The van der Waals surface area contributed by atoms with Crippen LogP contribution in [0.25, 0.3) is 0 Å². The molecule has 6 heterocycles. The molecule has 1 saturated carbocycles. The molecule has 0 aromatic heterocycles. The lowest BCUT2D eigenvalue weighted by molar-refractivity contribution is -0.132. The van der Waals surface area contributed by atoms with Crippen molar-refractivity contribution in [3.05, 3.63) is 11.1 Å². The van der Waals surface area contributed by atoms with Gasteiger partial charge in [-0.2, -0.15) is 5.01 Å². The minimum absolute atomic E-state index is 0.0170. The molecule has 0 spiro atoms. The van der Waals surface area contributed by atoms with Crippen molar-refractivity contribution in [1.29, 1.82) is 0 Å². The number of morpholine rings is 1. The molecule has 13 nitrogen and oxygen atoms in total. The van der Waals surface area contributed by atoms with Crippen LogP contribution in [0.15, 0.2) is 11.1 Å². The summed E-state index contributed by atoms with van der Waals surface area (Å²) in [4.78, 5) is 28.2. The number of nitrogens with one attached hydrogen (secondary N) is 6. The second kappa shape index (κ2) is 13.0. The molecule has 9 unspecified atom stereocenters. The van der Waals surface area contributed by atoms with Crippen LogP contribution in [0.5, 0.6) is 0 Å². The number of ether oxygens (including phenoxy) is 1. The fraction of sp³-hybridized carbons (Fsp3) is 0.846. The van der Waals surface area contributed by atoms with Crippen molar-refractivity contribution >= 4 is 47.0 Å². The summed E-state index contributed by atoms with van der Waals surface area (Å²) < 4.78 is 5.53. The number of ketones is 1. The summed E-state index contributed by atoms with van der Waals surface area (Å²) in [7, 11) is 0. The van der Waals surface area contributed by atoms with Gasteiger partial charge in [-0.05, 0) is 12.8 Å². The first-order valence-electron chi connectivity index (χ1n) is 15.3. The Morgan fingerprint density at radius 1 is 1.14 bits per heavy atom. The number of thioether (sulfide) groups is 3. The maximum Gasteiger partial charge on any atom is 0.226 e. The third-order valence-corrected chi connectivity index (χ3v) is 14.2. The van der Waals surface area contributed by atoms with E-state index in [9.17, 15) is 9.59 Å². The second-order valence-electron chi connectivity index (χ2n) is 12.2. The Kier molecular flexibility index (Phi) is 9.30. The third kappa shape index (κ3) is 5.99. The van der Waals surface area contributed by atoms with Crippen molar-refractivity contribution in [2.24, 2.45) is 23.3 Å². The van der Waals surface area contributed by atoms with Gasteiger partial charge in [-0.25, -0.2) is 5.43 Å². The van der Waals surface area contributed by atoms with E-state index in [1.165, 1.54) is 12.8 Å². The molecular formula is C26H44N10O3S3. The van der Waals surface area contributed by atoms with E-state index in [0.717, 1.165) is 43.3 Å². The Balaban J connectivity index is 1.01. The number of carbonyl (C=O) groups excluding carboxylic acids is 2. The van der Waals surface area contributed by atoms with Crippen LogP contribution < -0.4 is 43.5 Å². The lowest BCUT2D eigenvalue weighted by Crippen LogP contribution is -2.77. The highest BCUT2D eigenvalue weighted by Crippen LogP contribution is 2.50. The minimum Gasteiger partial charge on any atom is -0.378 e. The van der Waals surface area contributed by atoms with E-state index in [-0.39, 0.29) is 63.6 Å². The highest BCUT2D eigenvalue weighted by Gasteiger charge is 2.52. The number of hydrogen-bond donors (Lipinski definition) is 8. The lowest BCUT2D eigenvalue weighted by Gasteiger charge is -2.48. The van der Waals surface area contributed by atoms with Crippen molar-refractivity contribution in [3.63, 3.8) is 0 Å². The van der Waals surface area contributed by atoms with Gasteiger partial charge in [-0.1, -0.05) is 12.8 Å². The molecule has 10 N–H and O–H groups in total. The molecule has 5 saturated heterocycles. The van der Waals surface area contributed by atoms with Gasteiger partial charge in [0.1, 0.15) is 6.29 Å². The van der Waals surface area contributed by atoms with Crippen LogP contribution in [0.4, 0.5) is 0 Å². The van der Waals surface area contributed by atoms with Gasteiger partial charge in [0, 0.05) is 54.7 Å². The molecule has 16 heteroatoms. The molecule has 234 valence electrons. The number of amides is 1. The Hall–Kier alpha value is -0.630. The highest BCUT2D eigenvalue weighted by atomic mass is 32.2. The normalized spacial score (nSPS) is 44.6. The fourth-order valence-electron chi connectivity index (χ4n) is 7.35. The number of primary amides is 1. The molecule has 1 amide bonds. The number of fused-ring (bicyclic) bond motifs is 2. The summed E-state index contributed by atoms with van der Waals surface area (Å²) in [6, 6.07) is 0.318. The van der Waals surface area contributed by atoms with Gasteiger partial charge in [0.25, 0.3) is 0 Å². The van der Waals surface area contributed by atoms with Crippen LogP contribution in [0.1, 0.15) is 25.7 Å². The molecule has 0 bridgehead atoms. The number of allylic oxidation sites excluding steroid dienone is 1.